The summed E-state index contributed by atoms with van der Waals surface area (Å²) < 4.78 is 0. The highest BCUT2D eigenvalue weighted by molar-refractivity contribution is 5.80. The minimum absolute atomic E-state index is 0.196. The molecule has 1 saturated heterocycles. The molecule has 1 aliphatic rings. The number of primary amides is 1. The molecule has 98 valence electrons. The van der Waals surface area contributed by atoms with E-state index in [9.17, 15) is 9.59 Å². The minimum Gasteiger partial charge on any atom is -0.368 e. The Bertz CT molecular complexity index is 279. The Morgan fingerprint density at radius 3 is 2.59 bits per heavy atom. The molecule has 17 heavy (non-hydrogen) atoms. The highest BCUT2D eigenvalue weighted by Crippen LogP contribution is 2.23. The first kappa shape index (κ1) is 14.2. The van der Waals surface area contributed by atoms with Crippen molar-refractivity contribution in [3.63, 3.8) is 0 Å². The van der Waals surface area contributed by atoms with E-state index in [2.05, 4.69) is 4.90 Å². The molecular weight excluding hydrogens is 216 g/mol. The highest BCUT2D eigenvalue weighted by Gasteiger charge is 2.30. The molecule has 1 aliphatic heterocycles. The number of likely N-dealkylation sites (tertiary alicyclic amines) is 1. The van der Waals surface area contributed by atoms with Gasteiger partial charge in [0.15, 0.2) is 0 Å². The molecule has 0 aromatic heterocycles. The molecule has 2 N–H and O–H groups in total. The number of hydrogen-bond donors (Lipinski definition) is 1. The van der Waals surface area contributed by atoms with E-state index in [0.29, 0.717) is 6.42 Å². The molecule has 0 bridgehead atoms. The van der Waals surface area contributed by atoms with Crippen LogP contribution in [0.1, 0.15) is 52.4 Å². The number of Topliss-reactive ketones (excluding diaryl/α,β-unsaturated/α-hetero) is 1. The van der Waals surface area contributed by atoms with E-state index in [0.717, 1.165) is 32.2 Å². The molecule has 1 fully saturated rings. The smallest absolute Gasteiger partial charge is 0.234 e. The minimum atomic E-state index is -0.261. The molecule has 0 saturated carbocycles. The Morgan fingerprint density at radius 1 is 1.35 bits per heavy atom. The molecule has 2 atom stereocenters. The summed E-state index contributed by atoms with van der Waals surface area (Å²) in [6, 6.07) is -0.00935. The van der Waals surface area contributed by atoms with E-state index < -0.39 is 0 Å². The summed E-state index contributed by atoms with van der Waals surface area (Å²) in [4.78, 5) is 24.9. The molecule has 0 spiro atoms. The van der Waals surface area contributed by atoms with Gasteiger partial charge in [0.2, 0.25) is 5.91 Å². The van der Waals surface area contributed by atoms with Gasteiger partial charge in [0.05, 0.1) is 6.04 Å². The second kappa shape index (κ2) is 6.74. The molecule has 2 unspecified atom stereocenters. The summed E-state index contributed by atoms with van der Waals surface area (Å²) in [5.41, 5.74) is 5.46. The maximum Gasteiger partial charge on any atom is 0.234 e. The van der Waals surface area contributed by atoms with Crippen molar-refractivity contribution in [2.24, 2.45) is 5.73 Å². The number of rotatable bonds is 5. The van der Waals surface area contributed by atoms with Crippen molar-refractivity contribution in [1.82, 2.24) is 4.90 Å². The lowest BCUT2D eigenvalue weighted by Crippen LogP contribution is -2.49. The van der Waals surface area contributed by atoms with Crippen molar-refractivity contribution < 1.29 is 9.59 Å². The van der Waals surface area contributed by atoms with Gasteiger partial charge in [-0.15, -0.1) is 0 Å². The number of hydrogen-bond acceptors (Lipinski definition) is 3. The van der Waals surface area contributed by atoms with E-state index in [4.69, 9.17) is 5.73 Å². The summed E-state index contributed by atoms with van der Waals surface area (Å²) in [6.45, 7) is 4.48. The van der Waals surface area contributed by atoms with Crippen LogP contribution in [0.25, 0.3) is 0 Å². The predicted octanol–water partition coefficient (Wildman–Crippen LogP) is 1.47. The van der Waals surface area contributed by atoms with Gasteiger partial charge in [-0.25, -0.2) is 0 Å². The van der Waals surface area contributed by atoms with Gasteiger partial charge in [-0.1, -0.05) is 19.8 Å². The third kappa shape index (κ3) is 4.11. The Labute approximate surface area is 104 Å². The molecule has 0 radical (unpaired) electrons. The van der Waals surface area contributed by atoms with Crippen LogP contribution in [0.15, 0.2) is 0 Å². The molecule has 0 aromatic rings. The number of nitrogens with zero attached hydrogens (tertiary/aromatic N) is 1. The first-order valence-electron chi connectivity index (χ1n) is 6.60. The largest absolute Gasteiger partial charge is 0.368 e. The molecular formula is C13H24N2O2. The average molecular weight is 240 g/mol. The van der Waals surface area contributed by atoms with Crippen LogP contribution >= 0.6 is 0 Å². The van der Waals surface area contributed by atoms with Crippen LogP contribution in [-0.2, 0) is 9.59 Å². The summed E-state index contributed by atoms with van der Waals surface area (Å²) in [6.07, 6.45) is 5.69. The van der Waals surface area contributed by atoms with Crippen molar-refractivity contribution >= 4 is 11.7 Å². The number of nitrogens with two attached hydrogens (primary N) is 1. The molecule has 0 aliphatic carbocycles. The molecule has 4 nitrogen and oxygen atoms in total. The molecule has 1 heterocycles. The summed E-state index contributed by atoms with van der Waals surface area (Å²) >= 11 is 0. The van der Waals surface area contributed by atoms with E-state index in [1.54, 1.807) is 6.92 Å². The van der Waals surface area contributed by atoms with E-state index in [1.807, 2.05) is 6.92 Å². The van der Waals surface area contributed by atoms with E-state index in [1.165, 1.54) is 6.42 Å². The van der Waals surface area contributed by atoms with Crippen LogP contribution < -0.4 is 5.73 Å². The van der Waals surface area contributed by atoms with Gasteiger partial charge in [0.1, 0.15) is 5.78 Å². The number of carbonyl (C=O) groups excluding carboxylic acids is 2. The lowest BCUT2D eigenvalue weighted by Gasteiger charge is -2.34. The van der Waals surface area contributed by atoms with Gasteiger partial charge < -0.3 is 5.73 Å². The standard InChI is InChI=1S/C13H24N2O2/c1-3-12(13(14)17)15-8-6-4-5-7-11(15)9-10(2)16/h11-12H,3-9H2,1-2H3,(H2,14,17). The number of amides is 1. The maximum atomic E-state index is 11.5. The van der Waals surface area contributed by atoms with Gasteiger partial charge in [-0.2, -0.15) is 0 Å². The second-order valence-corrected chi connectivity index (χ2v) is 4.97. The SMILES string of the molecule is CCC(C(N)=O)N1CCCCCC1CC(C)=O. The van der Waals surface area contributed by atoms with E-state index in [-0.39, 0.29) is 23.8 Å². The first-order chi connectivity index (χ1) is 8.06. The Balaban J connectivity index is 2.79. The highest BCUT2D eigenvalue weighted by atomic mass is 16.1. The van der Waals surface area contributed by atoms with Crippen LogP contribution in [0, 0.1) is 0 Å². The van der Waals surface area contributed by atoms with Crippen LogP contribution in [0.2, 0.25) is 0 Å². The van der Waals surface area contributed by atoms with Gasteiger partial charge in [0.25, 0.3) is 0 Å². The lowest BCUT2D eigenvalue weighted by atomic mass is 10.0. The fourth-order valence-electron chi connectivity index (χ4n) is 2.76. The van der Waals surface area contributed by atoms with Crippen molar-refractivity contribution in [1.29, 1.82) is 0 Å². The monoisotopic (exact) mass is 240 g/mol. The second-order valence-electron chi connectivity index (χ2n) is 4.97. The zero-order chi connectivity index (χ0) is 12.8. The maximum absolute atomic E-state index is 11.5. The van der Waals surface area contributed by atoms with Gasteiger partial charge in [-0.3, -0.25) is 14.5 Å². The zero-order valence-corrected chi connectivity index (χ0v) is 10.9. The lowest BCUT2D eigenvalue weighted by molar-refractivity contribution is -0.126. The zero-order valence-electron chi connectivity index (χ0n) is 10.9. The van der Waals surface area contributed by atoms with Crippen LogP contribution in [0.3, 0.4) is 0 Å². The predicted molar refractivity (Wildman–Crippen MR) is 67.5 cm³/mol. The summed E-state index contributed by atoms with van der Waals surface area (Å²) in [7, 11) is 0. The fraction of sp³-hybridized carbons (Fsp3) is 0.846. The topological polar surface area (TPSA) is 63.4 Å². The average Bonchev–Trinajstić information content (AvgIpc) is 2.44. The van der Waals surface area contributed by atoms with E-state index >= 15 is 0 Å². The summed E-state index contributed by atoms with van der Waals surface area (Å²) in [5.74, 6) is -0.0656. The third-order valence-corrected chi connectivity index (χ3v) is 3.56. The van der Waals surface area contributed by atoms with Crippen molar-refractivity contribution in [2.45, 2.75) is 64.5 Å². The molecule has 1 amide bonds. The normalized spacial score (nSPS) is 24.0. The number of ketones is 1. The molecule has 0 aromatic carbocycles. The van der Waals surface area contributed by atoms with Crippen molar-refractivity contribution in [3.8, 4) is 0 Å². The first-order valence-corrected chi connectivity index (χ1v) is 6.60. The Morgan fingerprint density at radius 2 is 2.06 bits per heavy atom. The summed E-state index contributed by atoms with van der Waals surface area (Å²) in [5, 5.41) is 0. The number of carbonyl (C=O) groups is 2. The van der Waals surface area contributed by atoms with Crippen LogP contribution in [0.4, 0.5) is 0 Å². The Hall–Kier alpha value is -0.900. The Kier molecular flexibility index (Phi) is 5.62. The van der Waals surface area contributed by atoms with Gasteiger partial charge in [-0.05, 0) is 32.7 Å². The van der Waals surface area contributed by atoms with Crippen LogP contribution in [0.5, 0.6) is 0 Å². The molecule has 1 rings (SSSR count). The molecule has 4 heteroatoms. The fourth-order valence-corrected chi connectivity index (χ4v) is 2.76. The quantitative estimate of drug-likeness (QED) is 0.791. The third-order valence-electron chi connectivity index (χ3n) is 3.56. The van der Waals surface area contributed by atoms with Crippen LogP contribution in [-0.4, -0.2) is 35.2 Å². The van der Waals surface area contributed by atoms with Crippen molar-refractivity contribution in [2.75, 3.05) is 6.54 Å². The van der Waals surface area contributed by atoms with Crippen molar-refractivity contribution in [3.05, 3.63) is 0 Å². The van der Waals surface area contributed by atoms with Gasteiger partial charge in [0, 0.05) is 12.5 Å². The van der Waals surface area contributed by atoms with Gasteiger partial charge >= 0.3 is 0 Å².